The van der Waals surface area contributed by atoms with E-state index >= 15 is 0 Å². The largest absolute Gasteiger partial charge is 0.480 e. The zero-order valence-electron chi connectivity index (χ0n) is 14.9. The minimum Gasteiger partial charge on any atom is -0.480 e. The molecule has 4 rings (SSSR count). The van der Waals surface area contributed by atoms with Crippen LogP contribution in [0.5, 0.6) is 5.88 Å². The molecule has 0 unspecified atom stereocenters. The number of rotatable bonds is 4. The molecule has 3 aromatic rings. The zero-order valence-corrected chi connectivity index (χ0v) is 15.7. The van der Waals surface area contributed by atoms with Crippen LogP contribution < -0.4 is 4.74 Å². The molecule has 0 atom stereocenters. The van der Waals surface area contributed by atoms with Gasteiger partial charge in [0.2, 0.25) is 5.88 Å². The minimum atomic E-state index is -2.72. The molecule has 0 N–H and O–H groups in total. The topological polar surface area (TPSA) is 86.0 Å². The normalized spacial score (nSPS) is 16.2. The number of alkyl halides is 2. The maximum atomic E-state index is 13.4. The monoisotopic (exact) mass is 406 g/mol. The second kappa shape index (κ2) is 7.23. The Morgan fingerprint density at radius 3 is 2.64 bits per heavy atom. The third-order valence-electron chi connectivity index (χ3n) is 4.46. The first-order valence-corrected chi connectivity index (χ1v) is 9.45. The van der Waals surface area contributed by atoms with Gasteiger partial charge in [-0.3, -0.25) is 4.79 Å². The lowest BCUT2D eigenvalue weighted by Crippen LogP contribution is -2.42. The van der Waals surface area contributed by atoms with Crippen LogP contribution in [0.1, 0.15) is 23.3 Å². The Morgan fingerprint density at radius 2 is 2.04 bits per heavy atom. The summed E-state index contributed by atoms with van der Waals surface area (Å²) in [6.07, 6.45) is -0.690. The molecule has 1 saturated heterocycles. The van der Waals surface area contributed by atoms with Gasteiger partial charge in [-0.25, -0.2) is 18.4 Å². The molecular weight excluding hydrogens is 390 g/mol. The van der Waals surface area contributed by atoms with Gasteiger partial charge < -0.3 is 9.64 Å². The predicted molar refractivity (Wildman–Crippen MR) is 96.9 cm³/mol. The third-order valence-corrected chi connectivity index (χ3v) is 5.04. The fourth-order valence-corrected chi connectivity index (χ4v) is 3.46. The van der Waals surface area contributed by atoms with E-state index in [2.05, 4.69) is 20.3 Å². The number of carbonyl (C=O) groups is 1. The summed E-state index contributed by atoms with van der Waals surface area (Å²) in [5.74, 6) is -2.39. The molecule has 0 aromatic carbocycles. The number of carbonyl (C=O) groups excluding carboxylic acids is 1. The van der Waals surface area contributed by atoms with E-state index in [1.54, 1.807) is 23.7 Å². The molecule has 4 heterocycles. The maximum absolute atomic E-state index is 13.4. The Bertz CT molecular complexity index is 964. The van der Waals surface area contributed by atoms with Crippen molar-refractivity contribution >= 4 is 17.2 Å². The first kappa shape index (κ1) is 18.4. The maximum Gasteiger partial charge on any atom is 0.274 e. The van der Waals surface area contributed by atoms with Crippen LogP contribution >= 0.6 is 11.3 Å². The van der Waals surface area contributed by atoms with Gasteiger partial charge in [0.1, 0.15) is 0 Å². The van der Waals surface area contributed by atoms with E-state index in [1.807, 2.05) is 5.38 Å². The van der Waals surface area contributed by atoms with Gasteiger partial charge >= 0.3 is 0 Å². The Morgan fingerprint density at radius 1 is 1.25 bits per heavy atom. The van der Waals surface area contributed by atoms with Crippen LogP contribution in [0, 0.1) is 0 Å². The van der Waals surface area contributed by atoms with Crippen molar-refractivity contribution in [2.24, 2.45) is 0 Å². The highest BCUT2D eigenvalue weighted by Gasteiger charge is 2.36. The van der Waals surface area contributed by atoms with Crippen molar-refractivity contribution in [3.63, 3.8) is 0 Å². The van der Waals surface area contributed by atoms with E-state index in [4.69, 9.17) is 4.74 Å². The Balaban J connectivity index is 1.68. The van der Waals surface area contributed by atoms with E-state index in [9.17, 15) is 13.6 Å². The minimum absolute atomic E-state index is 0.00688. The molecule has 0 aliphatic carbocycles. The van der Waals surface area contributed by atoms with E-state index < -0.39 is 11.8 Å². The Hall–Kier alpha value is -2.95. The molecule has 28 heavy (non-hydrogen) atoms. The fraction of sp³-hybridized carbons (Fsp3) is 0.353. The first-order valence-electron chi connectivity index (χ1n) is 8.51. The molecule has 3 aromatic heterocycles. The number of thiazole rings is 1. The SMILES string of the molecule is COc1ccc(-n2nc(C(=O)N3CCC(F)(F)CC3)cc2-c2cscn2)nn1. The number of likely N-dealkylation sites (tertiary alicyclic amines) is 1. The third kappa shape index (κ3) is 3.57. The number of nitrogens with zero attached hydrogens (tertiary/aromatic N) is 6. The van der Waals surface area contributed by atoms with Crippen LogP contribution in [0.2, 0.25) is 0 Å². The summed E-state index contributed by atoms with van der Waals surface area (Å²) in [7, 11) is 1.48. The standard InChI is InChI=1S/C17H16F2N6O2S/c1-27-15-3-2-14(21-22-15)25-13(12-9-28-10-20-12)8-11(23-25)16(26)24-6-4-17(18,19)5-7-24/h2-3,8-10H,4-7H2,1H3. The molecule has 11 heteroatoms. The highest BCUT2D eigenvalue weighted by Crippen LogP contribution is 2.29. The summed E-state index contributed by atoms with van der Waals surface area (Å²) >= 11 is 1.40. The number of ether oxygens (including phenoxy) is 1. The van der Waals surface area contributed by atoms with Gasteiger partial charge in [-0.2, -0.15) is 5.10 Å². The Kier molecular flexibility index (Phi) is 4.75. The summed E-state index contributed by atoms with van der Waals surface area (Å²) in [6, 6.07) is 4.88. The number of hydrogen-bond acceptors (Lipinski definition) is 7. The molecule has 0 spiro atoms. The van der Waals surface area contributed by atoms with Crippen LogP contribution in [0.15, 0.2) is 29.1 Å². The first-order chi connectivity index (χ1) is 13.5. The van der Waals surface area contributed by atoms with E-state index in [-0.39, 0.29) is 31.6 Å². The van der Waals surface area contributed by atoms with E-state index in [0.29, 0.717) is 23.1 Å². The van der Waals surface area contributed by atoms with Gasteiger partial charge in [-0.05, 0) is 12.1 Å². The van der Waals surface area contributed by atoms with Gasteiger partial charge in [0.15, 0.2) is 11.5 Å². The summed E-state index contributed by atoms with van der Waals surface area (Å²) in [4.78, 5) is 18.5. The summed E-state index contributed by atoms with van der Waals surface area (Å²) < 4.78 is 33.3. The summed E-state index contributed by atoms with van der Waals surface area (Å²) in [5.41, 5.74) is 3.00. The van der Waals surface area contributed by atoms with Gasteiger partial charge in [0, 0.05) is 37.4 Å². The highest BCUT2D eigenvalue weighted by molar-refractivity contribution is 7.07. The number of amides is 1. The number of methoxy groups -OCH3 is 1. The van der Waals surface area contributed by atoms with E-state index in [0.717, 1.165) is 0 Å². The van der Waals surface area contributed by atoms with Crippen LogP contribution in [0.25, 0.3) is 17.2 Å². The van der Waals surface area contributed by atoms with Crippen LogP contribution in [-0.2, 0) is 0 Å². The van der Waals surface area contributed by atoms with Crippen molar-refractivity contribution in [1.82, 2.24) is 29.9 Å². The van der Waals surface area contributed by atoms with Gasteiger partial charge in [0.25, 0.3) is 11.8 Å². The molecule has 1 fully saturated rings. The number of aromatic nitrogens is 5. The number of piperidine rings is 1. The highest BCUT2D eigenvalue weighted by atomic mass is 32.1. The lowest BCUT2D eigenvalue weighted by Gasteiger charge is -2.31. The van der Waals surface area contributed by atoms with Crippen molar-refractivity contribution in [3.8, 4) is 23.1 Å². The van der Waals surface area contributed by atoms with Crippen molar-refractivity contribution in [2.75, 3.05) is 20.2 Å². The molecule has 0 bridgehead atoms. The van der Waals surface area contributed by atoms with Gasteiger partial charge in [-0.1, -0.05) is 0 Å². The second-order valence-electron chi connectivity index (χ2n) is 6.28. The molecule has 0 radical (unpaired) electrons. The fourth-order valence-electron chi connectivity index (χ4n) is 2.92. The number of halogens is 2. The van der Waals surface area contributed by atoms with Crippen molar-refractivity contribution in [1.29, 1.82) is 0 Å². The molecule has 8 nitrogen and oxygen atoms in total. The average Bonchev–Trinajstić information content (AvgIpc) is 3.37. The molecule has 0 saturated carbocycles. The molecule has 1 aliphatic rings. The lowest BCUT2D eigenvalue weighted by molar-refractivity contribution is -0.0495. The summed E-state index contributed by atoms with van der Waals surface area (Å²) in [5, 5.41) is 14.2. The van der Waals surface area contributed by atoms with Crippen LogP contribution in [0.4, 0.5) is 8.78 Å². The van der Waals surface area contributed by atoms with E-state index in [1.165, 1.54) is 28.0 Å². The van der Waals surface area contributed by atoms with Gasteiger partial charge in [-0.15, -0.1) is 21.5 Å². The number of hydrogen-bond donors (Lipinski definition) is 0. The molecule has 1 aliphatic heterocycles. The van der Waals surface area contributed by atoms with Gasteiger partial charge in [0.05, 0.1) is 24.0 Å². The average molecular weight is 406 g/mol. The second-order valence-corrected chi connectivity index (χ2v) is 7.00. The van der Waals surface area contributed by atoms with Crippen LogP contribution in [-0.4, -0.2) is 61.9 Å². The Labute approximate surface area is 162 Å². The molecular formula is C17H16F2N6O2S. The van der Waals surface area contributed by atoms with Crippen molar-refractivity contribution < 1.29 is 18.3 Å². The molecule has 1 amide bonds. The summed E-state index contributed by atoms with van der Waals surface area (Å²) in [6.45, 7) is -0.0138. The van der Waals surface area contributed by atoms with Crippen LogP contribution in [0.3, 0.4) is 0 Å². The van der Waals surface area contributed by atoms with Crippen molar-refractivity contribution in [3.05, 3.63) is 34.8 Å². The quantitative estimate of drug-likeness (QED) is 0.662. The predicted octanol–water partition coefficient (Wildman–Crippen LogP) is 2.67. The van der Waals surface area contributed by atoms with Crippen molar-refractivity contribution in [2.45, 2.75) is 18.8 Å². The lowest BCUT2D eigenvalue weighted by atomic mass is 10.1. The zero-order chi connectivity index (χ0) is 19.7. The smallest absolute Gasteiger partial charge is 0.274 e. The molecule has 146 valence electrons.